The predicted molar refractivity (Wildman–Crippen MR) is 127 cm³/mol. The van der Waals surface area contributed by atoms with E-state index in [1.54, 1.807) is 12.1 Å². The molecule has 0 radical (unpaired) electrons. The number of hydrogen-bond donors (Lipinski definition) is 3. The maximum absolute atomic E-state index is 12.6. The average molecular weight is 470 g/mol. The summed E-state index contributed by atoms with van der Waals surface area (Å²) in [6.07, 6.45) is 6.09. The van der Waals surface area contributed by atoms with Crippen molar-refractivity contribution in [3.63, 3.8) is 0 Å². The molecule has 2 aromatic carbocycles. The highest BCUT2D eigenvalue weighted by Gasteiger charge is 2.29. The Bertz CT molecular complexity index is 1120. The van der Waals surface area contributed by atoms with E-state index in [0.29, 0.717) is 0 Å². The molecule has 2 aromatic rings. The third-order valence-corrected chi connectivity index (χ3v) is 7.74. The molecule has 0 saturated heterocycles. The van der Waals surface area contributed by atoms with Crippen LogP contribution in [0.3, 0.4) is 0 Å². The van der Waals surface area contributed by atoms with Crippen LogP contribution in [0.1, 0.15) is 61.8 Å². The molecule has 4 rings (SSSR count). The Labute approximate surface area is 195 Å². The first-order valence-corrected chi connectivity index (χ1v) is 13.1. The number of benzene rings is 2. The quantitative estimate of drug-likeness (QED) is 0.523. The molecule has 8 heteroatoms. The first kappa shape index (κ1) is 23.4. The first-order valence-electron chi connectivity index (χ1n) is 11.6. The van der Waals surface area contributed by atoms with Crippen molar-refractivity contribution in [2.75, 3.05) is 11.9 Å². The Hall–Kier alpha value is -2.71. The topological polar surface area (TPSA) is 104 Å². The molecule has 1 unspecified atom stereocenters. The normalized spacial score (nSPS) is 16.5. The second kappa shape index (κ2) is 10.1. The number of hydrogen-bond acceptors (Lipinski definition) is 4. The maximum Gasteiger partial charge on any atom is 0.240 e. The van der Waals surface area contributed by atoms with E-state index in [9.17, 15) is 18.0 Å². The van der Waals surface area contributed by atoms with E-state index in [1.807, 2.05) is 37.3 Å². The van der Waals surface area contributed by atoms with E-state index in [1.165, 1.54) is 5.56 Å². The Morgan fingerprint density at radius 2 is 1.70 bits per heavy atom. The van der Waals surface area contributed by atoms with Crippen molar-refractivity contribution in [1.82, 2.24) is 10.0 Å². The molecule has 176 valence electrons. The molecule has 0 aliphatic heterocycles. The number of fused-ring (bicyclic) bond motifs is 1. The highest BCUT2D eigenvalue weighted by Crippen LogP contribution is 2.30. The van der Waals surface area contributed by atoms with Crippen LogP contribution in [0.2, 0.25) is 0 Å². The average Bonchev–Trinajstić information content (AvgIpc) is 3.65. The van der Waals surface area contributed by atoms with Gasteiger partial charge in [-0.25, -0.2) is 13.1 Å². The van der Waals surface area contributed by atoms with Crippen LogP contribution in [0, 0.1) is 5.92 Å². The van der Waals surface area contributed by atoms with Crippen LogP contribution in [0.4, 0.5) is 5.69 Å². The van der Waals surface area contributed by atoms with Crippen molar-refractivity contribution in [1.29, 1.82) is 0 Å². The van der Waals surface area contributed by atoms with Crippen LogP contribution < -0.4 is 15.4 Å². The molecule has 1 atom stereocenters. The Kier molecular flexibility index (Phi) is 7.14. The van der Waals surface area contributed by atoms with Crippen LogP contribution in [-0.4, -0.2) is 26.8 Å². The molecule has 0 bridgehead atoms. The third kappa shape index (κ3) is 6.21. The molecule has 1 saturated carbocycles. The number of carbonyl (C=O) groups excluding carboxylic acids is 2. The number of anilines is 1. The number of nitrogens with one attached hydrogen (secondary N) is 3. The number of aryl methyl sites for hydroxylation is 2. The molecule has 0 spiro atoms. The minimum atomic E-state index is -3.65. The Balaban J connectivity index is 1.24. The summed E-state index contributed by atoms with van der Waals surface area (Å²) in [5.41, 5.74) is 3.98. The highest BCUT2D eigenvalue weighted by molar-refractivity contribution is 7.89. The zero-order chi connectivity index (χ0) is 23.4. The van der Waals surface area contributed by atoms with Gasteiger partial charge in [0, 0.05) is 24.6 Å². The summed E-state index contributed by atoms with van der Waals surface area (Å²) >= 11 is 0. The second-order valence-corrected chi connectivity index (χ2v) is 10.7. The molecule has 1 fully saturated rings. The lowest BCUT2D eigenvalue weighted by molar-refractivity contribution is -0.121. The Morgan fingerprint density at radius 1 is 1.00 bits per heavy atom. The third-order valence-electron chi connectivity index (χ3n) is 6.28. The van der Waals surface area contributed by atoms with Crippen molar-refractivity contribution in [2.45, 2.75) is 62.8 Å². The van der Waals surface area contributed by atoms with E-state index < -0.39 is 10.0 Å². The minimum absolute atomic E-state index is 0.0319. The maximum atomic E-state index is 12.6. The fourth-order valence-electron chi connectivity index (χ4n) is 4.10. The second-order valence-electron chi connectivity index (χ2n) is 8.96. The van der Waals surface area contributed by atoms with Crippen molar-refractivity contribution in [3.05, 3.63) is 59.2 Å². The van der Waals surface area contributed by atoms with Crippen LogP contribution in [0.25, 0.3) is 0 Å². The summed E-state index contributed by atoms with van der Waals surface area (Å²) in [4.78, 5) is 24.4. The molecular formula is C25H31N3O4S. The van der Waals surface area contributed by atoms with Gasteiger partial charge in [-0.3, -0.25) is 9.59 Å². The SMILES string of the molecule is CC(NC(=O)CCNS(=O)(=O)c1ccc2c(c1)CCCC2)c1ccc(NC(=O)C2CC2)cc1. The monoisotopic (exact) mass is 469 g/mol. The van der Waals surface area contributed by atoms with Gasteiger partial charge in [0.2, 0.25) is 21.8 Å². The van der Waals surface area contributed by atoms with Crippen LogP contribution in [-0.2, 0) is 32.5 Å². The lowest BCUT2D eigenvalue weighted by Gasteiger charge is -2.17. The van der Waals surface area contributed by atoms with Gasteiger partial charge in [-0.1, -0.05) is 18.2 Å². The zero-order valence-electron chi connectivity index (χ0n) is 18.9. The molecule has 0 aromatic heterocycles. The summed E-state index contributed by atoms with van der Waals surface area (Å²) in [7, 11) is -3.65. The molecule has 2 amide bonds. The van der Waals surface area contributed by atoms with Crippen LogP contribution in [0.5, 0.6) is 0 Å². The van der Waals surface area contributed by atoms with Crippen LogP contribution >= 0.6 is 0 Å². The molecule has 33 heavy (non-hydrogen) atoms. The number of carbonyl (C=O) groups is 2. The summed E-state index contributed by atoms with van der Waals surface area (Å²) in [6, 6.07) is 12.5. The summed E-state index contributed by atoms with van der Waals surface area (Å²) in [5, 5.41) is 5.78. The van der Waals surface area contributed by atoms with Gasteiger partial charge >= 0.3 is 0 Å². The summed E-state index contributed by atoms with van der Waals surface area (Å²) < 4.78 is 27.8. The van der Waals surface area contributed by atoms with Gasteiger partial charge < -0.3 is 10.6 Å². The largest absolute Gasteiger partial charge is 0.350 e. The highest BCUT2D eigenvalue weighted by atomic mass is 32.2. The minimum Gasteiger partial charge on any atom is -0.350 e. The summed E-state index contributed by atoms with van der Waals surface area (Å²) in [6.45, 7) is 1.90. The molecule has 7 nitrogen and oxygen atoms in total. The molecule has 2 aliphatic carbocycles. The lowest BCUT2D eigenvalue weighted by Crippen LogP contribution is -2.32. The first-order chi connectivity index (χ1) is 15.8. The molecule has 0 heterocycles. The van der Waals surface area contributed by atoms with Gasteiger partial charge in [0.25, 0.3) is 0 Å². The van der Waals surface area contributed by atoms with Crippen molar-refractivity contribution in [2.24, 2.45) is 5.92 Å². The van der Waals surface area contributed by atoms with Gasteiger partial charge in [-0.2, -0.15) is 0 Å². The fraction of sp³-hybridized carbons (Fsp3) is 0.440. The fourth-order valence-corrected chi connectivity index (χ4v) is 5.18. The predicted octanol–water partition coefficient (Wildman–Crippen LogP) is 3.46. The van der Waals surface area contributed by atoms with Crippen molar-refractivity contribution < 1.29 is 18.0 Å². The van der Waals surface area contributed by atoms with Crippen LogP contribution in [0.15, 0.2) is 47.4 Å². The number of sulfonamides is 1. The molecule has 2 aliphatic rings. The van der Waals surface area contributed by atoms with E-state index in [-0.39, 0.29) is 41.6 Å². The van der Waals surface area contributed by atoms with Gasteiger partial charge in [0.1, 0.15) is 0 Å². The Morgan fingerprint density at radius 3 is 2.39 bits per heavy atom. The standard InChI is InChI=1S/C25H31N3O4S/c1-17(18-8-11-22(12-9-18)28-25(30)20-6-7-20)27-24(29)14-15-26-33(31,32)23-13-10-19-4-2-3-5-21(19)16-23/h8-13,16-17,20,26H,2-7,14-15H2,1H3,(H,27,29)(H,28,30). The van der Waals surface area contributed by atoms with E-state index in [4.69, 9.17) is 0 Å². The van der Waals surface area contributed by atoms with Gasteiger partial charge in [-0.15, -0.1) is 0 Å². The van der Waals surface area contributed by atoms with Gasteiger partial charge in [0.15, 0.2) is 0 Å². The van der Waals surface area contributed by atoms with Crippen molar-refractivity contribution >= 4 is 27.5 Å². The van der Waals surface area contributed by atoms with E-state index >= 15 is 0 Å². The zero-order valence-corrected chi connectivity index (χ0v) is 19.7. The lowest BCUT2D eigenvalue weighted by atomic mass is 9.92. The number of rotatable bonds is 9. The molecule has 3 N–H and O–H groups in total. The van der Waals surface area contributed by atoms with Gasteiger partial charge in [-0.05, 0) is 86.4 Å². The molecular weight excluding hydrogens is 438 g/mol. The van der Waals surface area contributed by atoms with E-state index in [2.05, 4.69) is 15.4 Å². The van der Waals surface area contributed by atoms with E-state index in [0.717, 1.165) is 55.3 Å². The van der Waals surface area contributed by atoms with Gasteiger partial charge in [0.05, 0.1) is 10.9 Å². The summed E-state index contributed by atoms with van der Waals surface area (Å²) in [5.74, 6) is -0.0312. The number of amides is 2. The van der Waals surface area contributed by atoms with Crippen molar-refractivity contribution in [3.8, 4) is 0 Å². The smallest absolute Gasteiger partial charge is 0.240 e.